The second-order valence-electron chi connectivity index (χ2n) is 4.92. The van der Waals surface area contributed by atoms with Crippen LogP contribution >= 0.6 is 12.2 Å². The zero-order valence-electron chi connectivity index (χ0n) is 11.1. The highest BCUT2D eigenvalue weighted by atomic mass is 32.2. The Hall–Kier alpha value is -0.240. The summed E-state index contributed by atoms with van der Waals surface area (Å²) in [6, 6.07) is 0. The molecule has 1 heterocycles. The van der Waals surface area contributed by atoms with Crippen LogP contribution in [0.5, 0.6) is 0 Å². The molecule has 0 aromatic rings. The SMILES string of the molecule is CCN(CC(N)=S)CC1CCCN(S(C)(=O)=O)C1. The fourth-order valence-corrected chi connectivity index (χ4v) is 3.49. The Balaban J connectivity index is 2.53. The zero-order valence-corrected chi connectivity index (χ0v) is 12.8. The maximum absolute atomic E-state index is 11.5. The van der Waals surface area contributed by atoms with E-state index in [0.717, 1.165) is 25.9 Å². The summed E-state index contributed by atoms with van der Waals surface area (Å²) < 4.78 is 24.7. The molecule has 0 aliphatic carbocycles. The summed E-state index contributed by atoms with van der Waals surface area (Å²) >= 11 is 4.92. The Morgan fingerprint density at radius 2 is 2.22 bits per heavy atom. The van der Waals surface area contributed by atoms with Gasteiger partial charge in [-0.15, -0.1) is 0 Å². The first-order chi connectivity index (χ1) is 8.32. The lowest BCUT2D eigenvalue weighted by Gasteiger charge is -2.34. The molecule has 106 valence electrons. The number of hydrogen-bond donors (Lipinski definition) is 1. The van der Waals surface area contributed by atoms with Crippen LogP contribution in [-0.4, -0.2) is 61.6 Å². The molecule has 1 atom stereocenters. The van der Waals surface area contributed by atoms with E-state index in [4.69, 9.17) is 18.0 Å². The fourth-order valence-electron chi connectivity index (χ4n) is 2.37. The van der Waals surface area contributed by atoms with Crippen molar-refractivity contribution in [1.82, 2.24) is 9.21 Å². The second-order valence-corrected chi connectivity index (χ2v) is 7.43. The van der Waals surface area contributed by atoms with Gasteiger partial charge in [-0.3, -0.25) is 4.90 Å². The number of sulfonamides is 1. The van der Waals surface area contributed by atoms with E-state index in [1.807, 2.05) is 0 Å². The van der Waals surface area contributed by atoms with Gasteiger partial charge in [-0.05, 0) is 25.3 Å². The van der Waals surface area contributed by atoms with Crippen molar-refractivity contribution < 1.29 is 8.42 Å². The van der Waals surface area contributed by atoms with Crippen LogP contribution < -0.4 is 5.73 Å². The molecule has 1 rings (SSSR count). The van der Waals surface area contributed by atoms with Gasteiger partial charge in [0.25, 0.3) is 0 Å². The van der Waals surface area contributed by atoms with E-state index in [9.17, 15) is 8.42 Å². The van der Waals surface area contributed by atoms with Crippen molar-refractivity contribution in [1.29, 1.82) is 0 Å². The van der Waals surface area contributed by atoms with Crippen LogP contribution in [0.15, 0.2) is 0 Å². The number of piperidine rings is 1. The van der Waals surface area contributed by atoms with Gasteiger partial charge in [0.2, 0.25) is 10.0 Å². The largest absolute Gasteiger partial charge is 0.392 e. The zero-order chi connectivity index (χ0) is 13.8. The first kappa shape index (κ1) is 15.8. The van der Waals surface area contributed by atoms with E-state index < -0.39 is 10.0 Å². The average Bonchev–Trinajstić information content (AvgIpc) is 2.26. The molecule has 1 saturated heterocycles. The Labute approximate surface area is 115 Å². The van der Waals surface area contributed by atoms with Gasteiger partial charge in [-0.25, -0.2) is 12.7 Å². The highest BCUT2D eigenvalue weighted by Crippen LogP contribution is 2.19. The van der Waals surface area contributed by atoms with Gasteiger partial charge in [0.1, 0.15) is 0 Å². The molecule has 5 nitrogen and oxygen atoms in total. The van der Waals surface area contributed by atoms with E-state index in [1.54, 1.807) is 4.31 Å². The summed E-state index contributed by atoms with van der Waals surface area (Å²) in [5.41, 5.74) is 5.55. The third-order valence-electron chi connectivity index (χ3n) is 3.29. The monoisotopic (exact) mass is 293 g/mol. The summed E-state index contributed by atoms with van der Waals surface area (Å²) in [4.78, 5) is 2.67. The number of rotatable bonds is 6. The van der Waals surface area contributed by atoms with Crippen molar-refractivity contribution in [3.63, 3.8) is 0 Å². The number of nitrogens with zero attached hydrogens (tertiary/aromatic N) is 2. The highest BCUT2D eigenvalue weighted by molar-refractivity contribution is 7.88. The van der Waals surface area contributed by atoms with Gasteiger partial charge in [-0.1, -0.05) is 19.1 Å². The lowest BCUT2D eigenvalue weighted by atomic mass is 9.99. The molecule has 0 aromatic heterocycles. The van der Waals surface area contributed by atoms with Crippen LogP contribution in [0.1, 0.15) is 19.8 Å². The maximum Gasteiger partial charge on any atom is 0.211 e. The summed E-state index contributed by atoms with van der Waals surface area (Å²) in [5, 5.41) is 0. The van der Waals surface area contributed by atoms with Gasteiger partial charge in [-0.2, -0.15) is 0 Å². The van der Waals surface area contributed by atoms with Crippen molar-refractivity contribution in [2.75, 3.05) is 39.0 Å². The molecular weight excluding hydrogens is 270 g/mol. The van der Waals surface area contributed by atoms with Crippen molar-refractivity contribution >= 4 is 27.2 Å². The lowest BCUT2D eigenvalue weighted by molar-refractivity contribution is 0.197. The first-order valence-corrected chi connectivity index (χ1v) is 8.54. The Bertz CT molecular complexity index is 384. The van der Waals surface area contributed by atoms with Crippen LogP contribution in [-0.2, 0) is 10.0 Å². The van der Waals surface area contributed by atoms with Gasteiger partial charge in [0.15, 0.2) is 0 Å². The molecule has 0 radical (unpaired) electrons. The van der Waals surface area contributed by atoms with Crippen molar-refractivity contribution in [2.45, 2.75) is 19.8 Å². The van der Waals surface area contributed by atoms with E-state index >= 15 is 0 Å². The lowest BCUT2D eigenvalue weighted by Crippen LogP contribution is -2.44. The molecule has 2 N–H and O–H groups in total. The van der Waals surface area contributed by atoms with E-state index in [2.05, 4.69) is 11.8 Å². The molecule has 18 heavy (non-hydrogen) atoms. The standard InChI is InChI=1S/C11H23N3O2S2/c1-3-13(9-11(12)17)7-10-5-4-6-14(8-10)18(2,15)16/h10H,3-9H2,1-2H3,(H2,12,17). The Morgan fingerprint density at radius 1 is 1.56 bits per heavy atom. The number of likely N-dealkylation sites (N-methyl/N-ethyl adjacent to an activating group) is 1. The molecule has 1 fully saturated rings. The smallest absolute Gasteiger partial charge is 0.211 e. The minimum atomic E-state index is -3.06. The molecule has 0 saturated carbocycles. The fraction of sp³-hybridized carbons (Fsp3) is 0.909. The van der Waals surface area contributed by atoms with Crippen molar-refractivity contribution in [2.24, 2.45) is 11.7 Å². The minimum absolute atomic E-state index is 0.378. The van der Waals surface area contributed by atoms with Gasteiger partial charge in [0.05, 0.1) is 11.2 Å². The Kier molecular flexibility index (Phi) is 5.97. The van der Waals surface area contributed by atoms with E-state index in [-0.39, 0.29) is 0 Å². The molecule has 1 aliphatic rings. The molecule has 0 spiro atoms. The van der Waals surface area contributed by atoms with Gasteiger partial charge < -0.3 is 5.73 Å². The van der Waals surface area contributed by atoms with Gasteiger partial charge >= 0.3 is 0 Å². The van der Waals surface area contributed by atoms with Crippen LogP contribution in [0.3, 0.4) is 0 Å². The molecule has 1 aliphatic heterocycles. The third-order valence-corrected chi connectivity index (χ3v) is 4.69. The number of hydrogen-bond acceptors (Lipinski definition) is 4. The molecular formula is C11H23N3O2S2. The summed E-state index contributed by atoms with van der Waals surface area (Å²) in [5.74, 6) is 0.378. The van der Waals surface area contributed by atoms with Crippen LogP contribution in [0.2, 0.25) is 0 Å². The predicted octanol–water partition coefficient (Wildman–Crippen LogP) is 0.266. The van der Waals surface area contributed by atoms with Crippen LogP contribution in [0.4, 0.5) is 0 Å². The highest BCUT2D eigenvalue weighted by Gasteiger charge is 2.26. The molecule has 0 aromatic carbocycles. The molecule has 7 heteroatoms. The molecule has 0 amide bonds. The Morgan fingerprint density at radius 3 is 2.72 bits per heavy atom. The second kappa shape index (κ2) is 6.79. The van der Waals surface area contributed by atoms with E-state index in [1.165, 1.54) is 6.26 Å². The first-order valence-electron chi connectivity index (χ1n) is 6.28. The van der Waals surface area contributed by atoms with Crippen molar-refractivity contribution in [3.05, 3.63) is 0 Å². The maximum atomic E-state index is 11.5. The molecule has 0 bridgehead atoms. The van der Waals surface area contributed by atoms with Crippen LogP contribution in [0, 0.1) is 5.92 Å². The van der Waals surface area contributed by atoms with Crippen LogP contribution in [0.25, 0.3) is 0 Å². The quantitative estimate of drug-likeness (QED) is 0.712. The van der Waals surface area contributed by atoms with E-state index in [0.29, 0.717) is 30.5 Å². The number of nitrogens with two attached hydrogens (primary N) is 1. The minimum Gasteiger partial charge on any atom is -0.392 e. The normalized spacial score (nSPS) is 22.3. The molecule has 1 unspecified atom stereocenters. The van der Waals surface area contributed by atoms with Crippen molar-refractivity contribution in [3.8, 4) is 0 Å². The summed E-state index contributed by atoms with van der Waals surface area (Å²) in [7, 11) is -3.06. The summed E-state index contributed by atoms with van der Waals surface area (Å²) in [6.45, 7) is 5.69. The average molecular weight is 293 g/mol. The predicted molar refractivity (Wildman–Crippen MR) is 78.0 cm³/mol. The topological polar surface area (TPSA) is 66.6 Å². The van der Waals surface area contributed by atoms with Gasteiger partial charge in [0, 0.05) is 26.2 Å². The summed E-state index contributed by atoms with van der Waals surface area (Å²) in [6.07, 6.45) is 3.28. The number of thiocarbonyl (C=S) groups is 1. The third kappa shape index (κ3) is 5.17.